The maximum absolute atomic E-state index is 13.0. The van der Waals surface area contributed by atoms with Gasteiger partial charge in [-0.3, -0.25) is 24.5 Å². The first kappa shape index (κ1) is 18.6. The number of carbonyl (C=O) groups is 1. The topological polar surface area (TPSA) is 104 Å². The van der Waals surface area contributed by atoms with E-state index in [1.165, 1.54) is 0 Å². The smallest absolute Gasteiger partial charge is 0.267 e. The largest absolute Gasteiger partial charge is 0.341 e. The number of aryl methyl sites for hydroxylation is 1. The number of carbonyl (C=O) groups excluding carboxylic acids is 1. The number of amides is 1. The molecule has 154 valence electrons. The van der Waals surface area contributed by atoms with Gasteiger partial charge in [-0.1, -0.05) is 6.07 Å². The number of piperidine rings is 1. The molecule has 2 atom stereocenters. The molecule has 0 unspecified atom stereocenters. The second-order valence-electron chi connectivity index (χ2n) is 8.32. The number of H-pyrrole nitrogens is 2. The Hall–Kier alpha value is -3.42. The highest BCUT2D eigenvalue weighted by Gasteiger charge is 2.36. The standard InChI is InChI=1S/C22H23N5O3/c1-13-18(22(30)25-24-13)8-20(28)26-10-14-5-17(12-26)19-6-16(7-21(29)27(19)11-14)15-3-2-4-23-9-15/h2-4,6-7,9,14,17H,5,8,10-12H2,1H3,(H2,24,25,30)/t14-,17+/m0/s1. The first-order valence-electron chi connectivity index (χ1n) is 10.2. The molecule has 0 spiro atoms. The van der Waals surface area contributed by atoms with E-state index >= 15 is 0 Å². The molecule has 3 aromatic heterocycles. The van der Waals surface area contributed by atoms with Gasteiger partial charge in [-0.2, -0.15) is 0 Å². The van der Waals surface area contributed by atoms with Gasteiger partial charge < -0.3 is 14.6 Å². The van der Waals surface area contributed by atoms with E-state index in [1.807, 2.05) is 21.6 Å². The molecule has 2 bridgehead atoms. The van der Waals surface area contributed by atoms with Crippen LogP contribution in [0.5, 0.6) is 0 Å². The van der Waals surface area contributed by atoms with E-state index < -0.39 is 0 Å². The maximum atomic E-state index is 13.0. The van der Waals surface area contributed by atoms with Crippen molar-refractivity contribution in [3.8, 4) is 11.1 Å². The van der Waals surface area contributed by atoms with Crippen LogP contribution in [0.15, 0.2) is 46.2 Å². The molecule has 30 heavy (non-hydrogen) atoms. The fraction of sp³-hybridized carbons (Fsp3) is 0.364. The number of nitrogens with one attached hydrogen (secondary N) is 2. The highest BCUT2D eigenvalue weighted by molar-refractivity contribution is 5.79. The number of pyridine rings is 2. The van der Waals surface area contributed by atoms with Crippen LogP contribution in [0.2, 0.25) is 0 Å². The quantitative estimate of drug-likeness (QED) is 0.688. The molecule has 0 aliphatic carbocycles. The lowest BCUT2D eigenvalue weighted by Crippen LogP contribution is -2.49. The van der Waals surface area contributed by atoms with Crippen molar-refractivity contribution < 1.29 is 4.79 Å². The van der Waals surface area contributed by atoms with E-state index in [0.29, 0.717) is 30.9 Å². The van der Waals surface area contributed by atoms with Gasteiger partial charge in [0.1, 0.15) is 0 Å². The number of hydrogen-bond acceptors (Lipinski definition) is 4. The van der Waals surface area contributed by atoms with E-state index in [1.54, 1.807) is 25.4 Å². The Kier molecular flexibility index (Phi) is 4.42. The average Bonchev–Trinajstić information content (AvgIpc) is 3.07. The van der Waals surface area contributed by atoms with Crippen LogP contribution in [-0.4, -0.2) is 43.6 Å². The molecular formula is C22H23N5O3. The normalized spacial score (nSPS) is 20.1. The molecule has 5 rings (SSSR count). The minimum Gasteiger partial charge on any atom is -0.341 e. The number of likely N-dealkylation sites (tertiary alicyclic amines) is 1. The number of hydrogen-bond donors (Lipinski definition) is 2. The van der Waals surface area contributed by atoms with Crippen LogP contribution in [0.4, 0.5) is 0 Å². The van der Waals surface area contributed by atoms with Crippen molar-refractivity contribution in [3.05, 3.63) is 74.3 Å². The Morgan fingerprint density at radius 3 is 2.77 bits per heavy atom. The summed E-state index contributed by atoms with van der Waals surface area (Å²) in [7, 11) is 0. The molecule has 8 heteroatoms. The fourth-order valence-corrected chi connectivity index (χ4v) is 4.81. The van der Waals surface area contributed by atoms with Crippen molar-refractivity contribution in [1.29, 1.82) is 0 Å². The highest BCUT2D eigenvalue weighted by Crippen LogP contribution is 2.36. The molecule has 2 aliphatic rings. The van der Waals surface area contributed by atoms with Gasteiger partial charge in [-0.05, 0) is 37.0 Å². The maximum Gasteiger partial charge on any atom is 0.267 e. The highest BCUT2D eigenvalue weighted by atomic mass is 16.2. The lowest BCUT2D eigenvalue weighted by atomic mass is 9.82. The summed E-state index contributed by atoms with van der Waals surface area (Å²) in [5.74, 6) is 0.307. The summed E-state index contributed by atoms with van der Waals surface area (Å²) in [4.78, 5) is 43.7. The van der Waals surface area contributed by atoms with Gasteiger partial charge in [0.2, 0.25) is 5.91 Å². The van der Waals surface area contributed by atoms with Crippen LogP contribution in [0.25, 0.3) is 11.1 Å². The minimum atomic E-state index is -0.240. The van der Waals surface area contributed by atoms with Gasteiger partial charge in [-0.15, -0.1) is 0 Å². The van der Waals surface area contributed by atoms with Crippen molar-refractivity contribution in [2.24, 2.45) is 5.92 Å². The summed E-state index contributed by atoms with van der Waals surface area (Å²) in [6.07, 6.45) is 4.52. The Balaban J connectivity index is 1.44. The fourth-order valence-electron chi connectivity index (χ4n) is 4.81. The summed E-state index contributed by atoms with van der Waals surface area (Å²) in [6.45, 7) is 3.58. The van der Waals surface area contributed by atoms with Crippen molar-refractivity contribution in [1.82, 2.24) is 24.6 Å². The van der Waals surface area contributed by atoms with Crippen LogP contribution in [0.3, 0.4) is 0 Å². The Morgan fingerprint density at radius 1 is 1.17 bits per heavy atom. The predicted octanol–water partition coefficient (Wildman–Crippen LogP) is 1.42. The second kappa shape index (κ2) is 7.12. The van der Waals surface area contributed by atoms with Crippen LogP contribution >= 0.6 is 0 Å². The van der Waals surface area contributed by atoms with Crippen molar-refractivity contribution in [2.75, 3.05) is 13.1 Å². The Morgan fingerprint density at radius 2 is 2.03 bits per heavy atom. The molecule has 3 aromatic rings. The molecule has 0 radical (unpaired) electrons. The van der Waals surface area contributed by atoms with Gasteiger partial charge in [0.25, 0.3) is 11.1 Å². The predicted molar refractivity (Wildman–Crippen MR) is 111 cm³/mol. The zero-order chi connectivity index (χ0) is 20.8. The lowest BCUT2D eigenvalue weighted by molar-refractivity contribution is -0.133. The molecule has 1 amide bonds. The number of aromatic amines is 2. The van der Waals surface area contributed by atoms with Crippen molar-refractivity contribution >= 4 is 5.91 Å². The Labute approximate surface area is 172 Å². The minimum absolute atomic E-state index is 0.00434. The monoisotopic (exact) mass is 405 g/mol. The SMILES string of the molecule is Cc1[nH][nH]c(=O)c1CC(=O)N1C[C@@H]2C[C@H](C1)c1cc(-c3cccnc3)cc(=O)n1C2. The number of nitrogens with zero attached hydrogens (tertiary/aromatic N) is 3. The molecule has 2 N–H and O–H groups in total. The van der Waals surface area contributed by atoms with Crippen LogP contribution in [0, 0.1) is 12.8 Å². The van der Waals surface area contributed by atoms with E-state index in [9.17, 15) is 14.4 Å². The molecule has 5 heterocycles. The first-order valence-corrected chi connectivity index (χ1v) is 10.2. The zero-order valence-corrected chi connectivity index (χ0v) is 16.7. The second-order valence-corrected chi connectivity index (χ2v) is 8.32. The lowest BCUT2D eigenvalue weighted by Gasteiger charge is -2.43. The molecule has 8 nitrogen and oxygen atoms in total. The molecule has 2 aliphatic heterocycles. The van der Waals surface area contributed by atoms with Gasteiger partial charge in [-0.25, -0.2) is 0 Å². The molecule has 1 fully saturated rings. The zero-order valence-electron chi connectivity index (χ0n) is 16.7. The van der Waals surface area contributed by atoms with Crippen LogP contribution in [0.1, 0.15) is 29.3 Å². The van der Waals surface area contributed by atoms with Gasteiger partial charge in [0, 0.05) is 66.5 Å². The van der Waals surface area contributed by atoms with E-state index in [0.717, 1.165) is 23.2 Å². The number of aromatic nitrogens is 4. The van der Waals surface area contributed by atoms with Gasteiger partial charge >= 0.3 is 0 Å². The van der Waals surface area contributed by atoms with Crippen LogP contribution in [-0.2, 0) is 17.8 Å². The molecular weight excluding hydrogens is 382 g/mol. The summed E-state index contributed by atoms with van der Waals surface area (Å²) >= 11 is 0. The number of rotatable bonds is 3. The van der Waals surface area contributed by atoms with E-state index in [4.69, 9.17) is 0 Å². The molecule has 0 aromatic carbocycles. The Bertz CT molecular complexity index is 1220. The molecule has 1 saturated heterocycles. The average molecular weight is 405 g/mol. The van der Waals surface area contributed by atoms with Crippen molar-refractivity contribution in [3.63, 3.8) is 0 Å². The van der Waals surface area contributed by atoms with Crippen LogP contribution < -0.4 is 11.1 Å². The third-order valence-electron chi connectivity index (χ3n) is 6.32. The summed E-state index contributed by atoms with van der Waals surface area (Å²) in [5, 5.41) is 5.31. The van der Waals surface area contributed by atoms with E-state index in [2.05, 4.69) is 21.2 Å². The first-order chi connectivity index (χ1) is 14.5. The van der Waals surface area contributed by atoms with Gasteiger partial charge in [0.05, 0.1) is 6.42 Å². The third-order valence-corrected chi connectivity index (χ3v) is 6.32. The summed E-state index contributed by atoms with van der Waals surface area (Å²) in [5.41, 5.74) is 3.69. The van der Waals surface area contributed by atoms with Gasteiger partial charge in [0.15, 0.2) is 0 Å². The summed E-state index contributed by atoms with van der Waals surface area (Å²) < 4.78 is 1.86. The third kappa shape index (κ3) is 3.18. The molecule has 0 saturated carbocycles. The number of fused-ring (bicyclic) bond motifs is 4. The van der Waals surface area contributed by atoms with E-state index in [-0.39, 0.29) is 35.3 Å². The summed E-state index contributed by atoms with van der Waals surface area (Å²) in [6, 6.07) is 7.53. The van der Waals surface area contributed by atoms with Crippen molar-refractivity contribution in [2.45, 2.75) is 32.2 Å².